The summed E-state index contributed by atoms with van der Waals surface area (Å²) in [7, 11) is 0. The zero-order valence-corrected chi connectivity index (χ0v) is 11.7. The Hall–Kier alpha value is -1.26. The second kappa shape index (κ2) is 9.74. The quantitative estimate of drug-likeness (QED) is 0.555. The first-order chi connectivity index (χ1) is 8.47. The third kappa shape index (κ3) is 8.84. The summed E-state index contributed by atoms with van der Waals surface area (Å²) in [5, 5.41) is 14.0. The Morgan fingerprint density at radius 3 is 2.33 bits per heavy atom. The lowest BCUT2D eigenvalue weighted by molar-refractivity contribution is -0.139. The molecule has 0 rings (SSSR count). The normalized spacial score (nSPS) is 12.2. The number of hydrogen-bond acceptors (Lipinski definition) is 2. The summed E-state index contributed by atoms with van der Waals surface area (Å²) in [6.45, 7) is 6.82. The summed E-state index contributed by atoms with van der Waals surface area (Å²) in [6.07, 6.45) is 4.34. The molecule has 0 saturated heterocycles. The Morgan fingerprint density at radius 1 is 1.17 bits per heavy atom. The van der Waals surface area contributed by atoms with Crippen molar-refractivity contribution in [2.75, 3.05) is 6.54 Å². The number of amides is 2. The van der Waals surface area contributed by atoms with Crippen LogP contribution in [0.3, 0.4) is 0 Å². The number of aliphatic carboxylic acids is 1. The lowest BCUT2D eigenvalue weighted by Crippen LogP contribution is -2.46. The van der Waals surface area contributed by atoms with Crippen molar-refractivity contribution in [3.63, 3.8) is 0 Å². The van der Waals surface area contributed by atoms with E-state index in [1.54, 1.807) is 0 Å². The van der Waals surface area contributed by atoms with Gasteiger partial charge in [-0.05, 0) is 18.8 Å². The van der Waals surface area contributed by atoms with Crippen molar-refractivity contribution < 1.29 is 14.7 Å². The Bertz CT molecular complexity index is 255. The van der Waals surface area contributed by atoms with Gasteiger partial charge in [0, 0.05) is 6.54 Å². The fourth-order valence-electron chi connectivity index (χ4n) is 1.63. The molecule has 0 aliphatic heterocycles. The van der Waals surface area contributed by atoms with Crippen molar-refractivity contribution in [2.45, 2.75) is 58.9 Å². The number of hydrogen-bond donors (Lipinski definition) is 3. The van der Waals surface area contributed by atoms with Crippen molar-refractivity contribution in [1.29, 1.82) is 0 Å². The molecule has 0 aliphatic rings. The Balaban J connectivity index is 3.71. The molecule has 0 aromatic carbocycles. The standard InChI is InChI=1S/C13H26N2O3/c1-4-7-11(12(16)17)15-13(18)14-9-6-5-8-10(2)3/h10-11H,4-9H2,1-3H3,(H,16,17)(H2,14,15,18). The zero-order valence-electron chi connectivity index (χ0n) is 11.7. The van der Waals surface area contributed by atoms with Crippen molar-refractivity contribution in [3.05, 3.63) is 0 Å². The van der Waals surface area contributed by atoms with Crippen LogP contribution in [0, 0.1) is 5.92 Å². The fourth-order valence-corrected chi connectivity index (χ4v) is 1.63. The van der Waals surface area contributed by atoms with Gasteiger partial charge in [-0.25, -0.2) is 9.59 Å². The molecule has 0 aromatic rings. The molecule has 2 amide bonds. The van der Waals surface area contributed by atoms with E-state index in [0.717, 1.165) is 25.7 Å². The Kier molecular flexibility index (Phi) is 9.06. The molecule has 0 heterocycles. The Labute approximate surface area is 109 Å². The lowest BCUT2D eigenvalue weighted by atomic mass is 10.1. The van der Waals surface area contributed by atoms with E-state index in [4.69, 9.17) is 5.11 Å². The molecule has 0 fully saturated rings. The summed E-state index contributed by atoms with van der Waals surface area (Å²) < 4.78 is 0. The van der Waals surface area contributed by atoms with E-state index in [9.17, 15) is 9.59 Å². The number of carboxylic acids is 1. The third-order valence-electron chi connectivity index (χ3n) is 2.67. The van der Waals surface area contributed by atoms with Gasteiger partial charge in [0.15, 0.2) is 0 Å². The smallest absolute Gasteiger partial charge is 0.326 e. The molecule has 106 valence electrons. The van der Waals surface area contributed by atoms with Crippen LogP contribution in [0.25, 0.3) is 0 Å². The lowest BCUT2D eigenvalue weighted by Gasteiger charge is -2.14. The van der Waals surface area contributed by atoms with Gasteiger partial charge in [-0.1, -0.05) is 40.0 Å². The number of carbonyl (C=O) groups is 2. The molecule has 0 aromatic heterocycles. The monoisotopic (exact) mass is 258 g/mol. The van der Waals surface area contributed by atoms with Crippen LogP contribution in [0.1, 0.15) is 52.9 Å². The summed E-state index contributed by atoms with van der Waals surface area (Å²) in [5.41, 5.74) is 0. The number of urea groups is 1. The van der Waals surface area contributed by atoms with E-state index in [0.29, 0.717) is 18.9 Å². The van der Waals surface area contributed by atoms with Gasteiger partial charge in [-0.3, -0.25) is 0 Å². The van der Waals surface area contributed by atoms with E-state index < -0.39 is 12.0 Å². The summed E-state index contributed by atoms with van der Waals surface area (Å²) in [6, 6.07) is -1.17. The van der Waals surface area contributed by atoms with Gasteiger partial charge >= 0.3 is 12.0 Å². The van der Waals surface area contributed by atoms with Gasteiger partial charge in [0.1, 0.15) is 6.04 Å². The van der Waals surface area contributed by atoms with Crippen LogP contribution < -0.4 is 10.6 Å². The van der Waals surface area contributed by atoms with Gasteiger partial charge in [0.2, 0.25) is 0 Å². The van der Waals surface area contributed by atoms with Crippen LogP contribution >= 0.6 is 0 Å². The summed E-state index contributed by atoms with van der Waals surface area (Å²) in [4.78, 5) is 22.3. The molecule has 1 atom stereocenters. The minimum atomic E-state index is -0.980. The number of carboxylic acid groups (broad SMARTS) is 1. The maximum Gasteiger partial charge on any atom is 0.326 e. The molecule has 0 radical (unpaired) electrons. The van der Waals surface area contributed by atoms with Crippen LogP contribution in [0.4, 0.5) is 4.79 Å². The van der Waals surface area contributed by atoms with Gasteiger partial charge in [0.05, 0.1) is 0 Å². The molecule has 0 saturated carbocycles. The fraction of sp³-hybridized carbons (Fsp3) is 0.846. The molecule has 5 nitrogen and oxygen atoms in total. The van der Waals surface area contributed by atoms with Gasteiger partial charge in [-0.15, -0.1) is 0 Å². The maximum atomic E-state index is 11.4. The van der Waals surface area contributed by atoms with E-state index in [-0.39, 0.29) is 6.03 Å². The number of carbonyl (C=O) groups excluding carboxylic acids is 1. The van der Waals surface area contributed by atoms with Crippen LogP contribution in [-0.2, 0) is 4.79 Å². The van der Waals surface area contributed by atoms with Crippen LogP contribution in [0.2, 0.25) is 0 Å². The van der Waals surface area contributed by atoms with E-state index in [1.807, 2.05) is 6.92 Å². The largest absolute Gasteiger partial charge is 0.480 e. The highest BCUT2D eigenvalue weighted by Gasteiger charge is 2.18. The average molecular weight is 258 g/mol. The molecule has 0 spiro atoms. The van der Waals surface area contributed by atoms with Crippen molar-refractivity contribution >= 4 is 12.0 Å². The molecule has 0 bridgehead atoms. The van der Waals surface area contributed by atoms with Gasteiger partial charge < -0.3 is 15.7 Å². The highest BCUT2D eigenvalue weighted by atomic mass is 16.4. The van der Waals surface area contributed by atoms with Crippen molar-refractivity contribution in [1.82, 2.24) is 10.6 Å². The number of unbranched alkanes of at least 4 members (excludes halogenated alkanes) is 1. The van der Waals surface area contributed by atoms with Crippen LogP contribution in [-0.4, -0.2) is 29.7 Å². The second-order valence-electron chi connectivity index (χ2n) is 4.97. The predicted molar refractivity (Wildman–Crippen MR) is 71.6 cm³/mol. The SMILES string of the molecule is CCCC(NC(=O)NCCCCC(C)C)C(=O)O. The van der Waals surface area contributed by atoms with E-state index in [1.165, 1.54) is 0 Å². The van der Waals surface area contributed by atoms with Gasteiger partial charge in [0.25, 0.3) is 0 Å². The topological polar surface area (TPSA) is 78.4 Å². The van der Waals surface area contributed by atoms with E-state index in [2.05, 4.69) is 24.5 Å². The highest BCUT2D eigenvalue weighted by molar-refractivity contribution is 5.82. The maximum absolute atomic E-state index is 11.4. The van der Waals surface area contributed by atoms with Crippen molar-refractivity contribution in [3.8, 4) is 0 Å². The Morgan fingerprint density at radius 2 is 1.83 bits per heavy atom. The molecule has 1 unspecified atom stereocenters. The molecule has 5 heteroatoms. The second-order valence-corrected chi connectivity index (χ2v) is 4.97. The predicted octanol–water partition coefficient (Wildman–Crippen LogP) is 2.37. The van der Waals surface area contributed by atoms with E-state index >= 15 is 0 Å². The third-order valence-corrected chi connectivity index (χ3v) is 2.67. The van der Waals surface area contributed by atoms with Gasteiger partial charge in [-0.2, -0.15) is 0 Å². The number of nitrogens with one attached hydrogen (secondary N) is 2. The first-order valence-corrected chi connectivity index (χ1v) is 6.74. The van der Waals surface area contributed by atoms with Crippen molar-refractivity contribution in [2.24, 2.45) is 5.92 Å². The summed E-state index contributed by atoms with van der Waals surface area (Å²) in [5.74, 6) is -0.299. The zero-order chi connectivity index (χ0) is 14.0. The minimum absolute atomic E-state index is 0.389. The highest BCUT2D eigenvalue weighted by Crippen LogP contribution is 2.05. The molecular formula is C13H26N2O3. The first-order valence-electron chi connectivity index (χ1n) is 6.74. The average Bonchev–Trinajstić information content (AvgIpc) is 2.27. The molecule has 18 heavy (non-hydrogen) atoms. The minimum Gasteiger partial charge on any atom is -0.480 e. The summed E-state index contributed by atoms with van der Waals surface area (Å²) >= 11 is 0. The van der Waals surface area contributed by atoms with Crippen LogP contribution in [0.15, 0.2) is 0 Å². The molecule has 3 N–H and O–H groups in total. The molecule has 0 aliphatic carbocycles. The first kappa shape index (κ1) is 16.7. The number of rotatable bonds is 9. The van der Waals surface area contributed by atoms with Crippen LogP contribution in [0.5, 0.6) is 0 Å². The molecular weight excluding hydrogens is 232 g/mol.